The van der Waals surface area contributed by atoms with Gasteiger partial charge >= 0.3 is 0 Å². The van der Waals surface area contributed by atoms with Gasteiger partial charge in [0.15, 0.2) is 0 Å². The van der Waals surface area contributed by atoms with Crippen LogP contribution in [0.15, 0.2) is 0 Å². The number of rotatable bonds is 4. The molecule has 2 heterocycles. The Morgan fingerprint density at radius 1 is 1.00 bits per heavy atom. The quantitative estimate of drug-likeness (QED) is 0.770. The summed E-state index contributed by atoms with van der Waals surface area (Å²) in [4.78, 5) is 5.22. The Morgan fingerprint density at radius 3 is 2.25 bits per heavy atom. The second-order valence-corrected chi connectivity index (χ2v) is 5.26. The number of hydrogen-bond acceptors (Lipinski definition) is 3. The topological polar surface area (TPSA) is 18.5 Å². The lowest BCUT2D eigenvalue weighted by Crippen LogP contribution is -2.46. The first kappa shape index (κ1) is 12.3. The second kappa shape index (κ2) is 6.58. The standard InChI is InChI=1S/C13H27N3/c1-2-15-9-11-16(12-10-15)8-5-13-3-6-14-7-4-13/h13-14H,2-12H2,1H3. The Bertz CT molecular complexity index is 182. The van der Waals surface area contributed by atoms with Crippen LogP contribution in [0.4, 0.5) is 0 Å². The number of piperidine rings is 1. The van der Waals surface area contributed by atoms with Gasteiger partial charge in [-0.2, -0.15) is 0 Å². The lowest BCUT2D eigenvalue weighted by molar-refractivity contribution is 0.128. The largest absolute Gasteiger partial charge is 0.317 e. The molecule has 3 nitrogen and oxygen atoms in total. The van der Waals surface area contributed by atoms with Gasteiger partial charge in [-0.25, -0.2) is 0 Å². The number of piperazine rings is 1. The van der Waals surface area contributed by atoms with Crippen molar-refractivity contribution in [3.05, 3.63) is 0 Å². The number of nitrogens with zero attached hydrogens (tertiary/aromatic N) is 2. The Balaban J connectivity index is 1.59. The Kier molecular flexibility index (Phi) is 5.07. The molecule has 0 radical (unpaired) electrons. The zero-order valence-corrected chi connectivity index (χ0v) is 10.7. The fourth-order valence-electron chi connectivity index (χ4n) is 2.86. The second-order valence-electron chi connectivity index (χ2n) is 5.26. The van der Waals surface area contributed by atoms with E-state index in [9.17, 15) is 0 Å². The van der Waals surface area contributed by atoms with Gasteiger partial charge in [0, 0.05) is 26.2 Å². The highest BCUT2D eigenvalue weighted by Gasteiger charge is 2.18. The SMILES string of the molecule is CCN1CCN(CCC2CCNCC2)CC1. The van der Waals surface area contributed by atoms with E-state index in [1.807, 2.05) is 0 Å². The summed E-state index contributed by atoms with van der Waals surface area (Å²) in [6.45, 7) is 12.5. The van der Waals surface area contributed by atoms with Gasteiger partial charge in [-0.1, -0.05) is 6.92 Å². The molecule has 0 spiro atoms. The third-order valence-electron chi connectivity index (χ3n) is 4.22. The first-order valence-corrected chi connectivity index (χ1v) is 7.04. The summed E-state index contributed by atoms with van der Waals surface area (Å²) in [7, 11) is 0. The van der Waals surface area contributed by atoms with Crippen molar-refractivity contribution in [3.8, 4) is 0 Å². The number of hydrogen-bond donors (Lipinski definition) is 1. The molecular formula is C13H27N3. The maximum Gasteiger partial charge on any atom is 0.0110 e. The molecule has 1 N–H and O–H groups in total. The van der Waals surface area contributed by atoms with Crippen molar-refractivity contribution in [3.63, 3.8) is 0 Å². The monoisotopic (exact) mass is 225 g/mol. The van der Waals surface area contributed by atoms with Crippen LogP contribution in [-0.4, -0.2) is 62.2 Å². The predicted molar refractivity (Wildman–Crippen MR) is 68.8 cm³/mol. The van der Waals surface area contributed by atoms with Crippen LogP contribution < -0.4 is 5.32 Å². The van der Waals surface area contributed by atoms with Crippen molar-refractivity contribution < 1.29 is 0 Å². The van der Waals surface area contributed by atoms with Crippen molar-refractivity contribution in [2.24, 2.45) is 5.92 Å². The highest BCUT2D eigenvalue weighted by atomic mass is 15.3. The van der Waals surface area contributed by atoms with Gasteiger partial charge in [-0.05, 0) is 51.4 Å². The molecule has 0 unspecified atom stereocenters. The lowest BCUT2D eigenvalue weighted by atomic mass is 9.94. The van der Waals surface area contributed by atoms with Crippen LogP contribution >= 0.6 is 0 Å². The van der Waals surface area contributed by atoms with Crippen molar-refractivity contribution in [1.82, 2.24) is 15.1 Å². The Labute approximate surface area is 100 Å². The number of likely N-dealkylation sites (N-methyl/N-ethyl adjacent to an activating group) is 1. The van der Waals surface area contributed by atoms with E-state index < -0.39 is 0 Å². The zero-order chi connectivity index (χ0) is 11.2. The summed E-state index contributed by atoms with van der Waals surface area (Å²) in [6, 6.07) is 0. The third-order valence-corrected chi connectivity index (χ3v) is 4.22. The summed E-state index contributed by atoms with van der Waals surface area (Å²) < 4.78 is 0. The van der Waals surface area contributed by atoms with Crippen LogP contribution in [0.3, 0.4) is 0 Å². The van der Waals surface area contributed by atoms with Crippen molar-refractivity contribution >= 4 is 0 Å². The first-order chi connectivity index (χ1) is 7.88. The maximum atomic E-state index is 3.45. The zero-order valence-electron chi connectivity index (χ0n) is 10.7. The van der Waals surface area contributed by atoms with Gasteiger partial charge in [0.1, 0.15) is 0 Å². The van der Waals surface area contributed by atoms with Gasteiger partial charge in [0.25, 0.3) is 0 Å². The van der Waals surface area contributed by atoms with Crippen LogP contribution in [-0.2, 0) is 0 Å². The van der Waals surface area contributed by atoms with Gasteiger partial charge in [-0.3, -0.25) is 0 Å². The van der Waals surface area contributed by atoms with Gasteiger partial charge in [0.2, 0.25) is 0 Å². The summed E-state index contributed by atoms with van der Waals surface area (Å²) >= 11 is 0. The van der Waals surface area contributed by atoms with Gasteiger partial charge in [-0.15, -0.1) is 0 Å². The smallest absolute Gasteiger partial charge is 0.0110 e. The highest BCUT2D eigenvalue weighted by molar-refractivity contribution is 4.74. The molecule has 0 aromatic carbocycles. The fourth-order valence-corrected chi connectivity index (χ4v) is 2.86. The van der Waals surface area contributed by atoms with Crippen LogP contribution in [0.5, 0.6) is 0 Å². The summed E-state index contributed by atoms with van der Waals surface area (Å²) in [5, 5.41) is 3.45. The summed E-state index contributed by atoms with van der Waals surface area (Å²) in [5.41, 5.74) is 0. The molecule has 0 amide bonds. The lowest BCUT2D eigenvalue weighted by Gasteiger charge is -2.35. The molecule has 2 aliphatic heterocycles. The highest BCUT2D eigenvalue weighted by Crippen LogP contribution is 2.16. The molecule has 2 fully saturated rings. The van der Waals surface area contributed by atoms with E-state index >= 15 is 0 Å². The molecule has 2 rings (SSSR count). The molecule has 2 saturated heterocycles. The molecular weight excluding hydrogens is 198 g/mol. The minimum atomic E-state index is 0.991. The first-order valence-electron chi connectivity index (χ1n) is 7.04. The van der Waals surface area contributed by atoms with Gasteiger partial charge < -0.3 is 15.1 Å². The molecule has 3 heteroatoms. The predicted octanol–water partition coefficient (Wildman–Crippen LogP) is 1.01. The van der Waals surface area contributed by atoms with E-state index in [0.29, 0.717) is 0 Å². The molecule has 94 valence electrons. The molecule has 0 saturated carbocycles. The molecule has 0 aliphatic carbocycles. The van der Waals surface area contributed by atoms with E-state index in [1.165, 1.54) is 71.6 Å². The minimum Gasteiger partial charge on any atom is -0.317 e. The van der Waals surface area contributed by atoms with Crippen LogP contribution in [0, 0.1) is 5.92 Å². The normalized spacial score (nSPS) is 26.1. The third kappa shape index (κ3) is 3.72. The molecule has 16 heavy (non-hydrogen) atoms. The maximum absolute atomic E-state index is 3.45. The average Bonchev–Trinajstić information content (AvgIpc) is 2.38. The molecule has 0 aromatic heterocycles. The summed E-state index contributed by atoms with van der Waals surface area (Å²) in [5.74, 6) is 0.991. The Morgan fingerprint density at radius 2 is 1.62 bits per heavy atom. The van der Waals surface area contributed by atoms with Crippen molar-refractivity contribution in [2.75, 3.05) is 52.4 Å². The molecule has 0 aromatic rings. The van der Waals surface area contributed by atoms with Crippen molar-refractivity contribution in [1.29, 1.82) is 0 Å². The minimum absolute atomic E-state index is 0.991. The number of nitrogens with one attached hydrogen (secondary N) is 1. The summed E-state index contributed by atoms with van der Waals surface area (Å²) in [6.07, 6.45) is 4.22. The van der Waals surface area contributed by atoms with Crippen LogP contribution in [0.2, 0.25) is 0 Å². The van der Waals surface area contributed by atoms with E-state index in [1.54, 1.807) is 0 Å². The molecule has 0 bridgehead atoms. The van der Waals surface area contributed by atoms with E-state index in [-0.39, 0.29) is 0 Å². The van der Waals surface area contributed by atoms with E-state index in [4.69, 9.17) is 0 Å². The average molecular weight is 225 g/mol. The van der Waals surface area contributed by atoms with Crippen LogP contribution in [0.25, 0.3) is 0 Å². The molecule has 2 aliphatic rings. The molecule has 0 atom stereocenters. The van der Waals surface area contributed by atoms with Crippen LogP contribution in [0.1, 0.15) is 26.2 Å². The van der Waals surface area contributed by atoms with E-state index in [0.717, 1.165) is 5.92 Å². The van der Waals surface area contributed by atoms with Gasteiger partial charge in [0.05, 0.1) is 0 Å². The Hall–Kier alpha value is -0.120. The van der Waals surface area contributed by atoms with Crippen molar-refractivity contribution in [2.45, 2.75) is 26.2 Å². The fraction of sp³-hybridized carbons (Fsp3) is 1.00. The van der Waals surface area contributed by atoms with E-state index in [2.05, 4.69) is 22.0 Å².